The molecular formula is C22H33N5O3S. The van der Waals surface area contributed by atoms with Crippen LogP contribution in [-0.2, 0) is 23.0 Å². The Balaban J connectivity index is 1.66. The highest BCUT2D eigenvalue weighted by Crippen LogP contribution is 2.18. The molecule has 0 amide bonds. The number of likely N-dealkylation sites (tertiary alicyclic amines) is 1. The molecule has 170 valence electrons. The number of furan rings is 1. The molecule has 3 rings (SSSR count). The van der Waals surface area contributed by atoms with Gasteiger partial charge in [0.25, 0.3) is 0 Å². The molecule has 1 aliphatic heterocycles. The van der Waals surface area contributed by atoms with E-state index in [0.717, 1.165) is 36.8 Å². The minimum Gasteiger partial charge on any atom is -0.469 e. The number of rotatable bonds is 8. The third-order valence-corrected chi connectivity index (χ3v) is 6.54. The average molecular weight is 448 g/mol. The zero-order valence-electron chi connectivity index (χ0n) is 18.4. The van der Waals surface area contributed by atoms with Gasteiger partial charge in [-0.3, -0.25) is 4.90 Å². The predicted octanol–water partition coefficient (Wildman–Crippen LogP) is 1.93. The maximum atomic E-state index is 11.4. The lowest BCUT2D eigenvalue weighted by atomic mass is 10.1. The van der Waals surface area contributed by atoms with Crippen LogP contribution in [0.15, 0.2) is 57.0 Å². The van der Waals surface area contributed by atoms with Crippen LogP contribution in [0.5, 0.6) is 0 Å². The molecule has 1 aliphatic rings. The van der Waals surface area contributed by atoms with Crippen LogP contribution in [0.2, 0.25) is 0 Å². The largest absolute Gasteiger partial charge is 0.469 e. The van der Waals surface area contributed by atoms with Crippen LogP contribution < -0.4 is 15.8 Å². The Morgan fingerprint density at radius 2 is 2.00 bits per heavy atom. The summed E-state index contributed by atoms with van der Waals surface area (Å²) in [6, 6.07) is 11.2. The molecule has 2 heterocycles. The molecule has 2 unspecified atom stereocenters. The van der Waals surface area contributed by atoms with Crippen molar-refractivity contribution >= 4 is 16.0 Å². The Labute approximate surface area is 185 Å². The minimum atomic E-state index is -3.69. The zero-order chi connectivity index (χ0) is 22.4. The van der Waals surface area contributed by atoms with Gasteiger partial charge in [-0.05, 0) is 49.6 Å². The number of aliphatic imine (C=N–C) groups is 1. The second-order valence-corrected chi connectivity index (χ2v) is 9.95. The molecule has 0 saturated carbocycles. The van der Waals surface area contributed by atoms with Crippen molar-refractivity contribution in [2.75, 3.05) is 19.6 Å². The molecular weight excluding hydrogens is 414 g/mol. The summed E-state index contributed by atoms with van der Waals surface area (Å²) in [7, 11) is -3.69. The summed E-state index contributed by atoms with van der Waals surface area (Å²) in [5.74, 6) is 2.17. The number of benzene rings is 1. The van der Waals surface area contributed by atoms with E-state index in [1.54, 1.807) is 18.4 Å². The van der Waals surface area contributed by atoms with E-state index in [1.807, 2.05) is 12.1 Å². The Morgan fingerprint density at radius 3 is 2.58 bits per heavy atom. The van der Waals surface area contributed by atoms with Crippen molar-refractivity contribution < 1.29 is 12.8 Å². The standard InChI is InChI=1S/C22H33N5O3S/c1-16(2)27-14-17(3)21(15-27)26-22(24-11-10-19-5-4-12-30-19)25-13-18-6-8-20(9-7-18)31(23,28)29/h4-9,12,16-17,21H,10-11,13-15H2,1-3H3,(H2,23,28,29)(H2,24,25,26). The van der Waals surface area contributed by atoms with Crippen LogP contribution in [0.25, 0.3) is 0 Å². The summed E-state index contributed by atoms with van der Waals surface area (Å²) in [5.41, 5.74) is 0.905. The number of guanidine groups is 1. The van der Waals surface area contributed by atoms with Crippen molar-refractivity contribution in [3.8, 4) is 0 Å². The number of primary sulfonamides is 1. The van der Waals surface area contributed by atoms with Gasteiger partial charge >= 0.3 is 0 Å². The second-order valence-electron chi connectivity index (χ2n) is 8.39. The Bertz CT molecular complexity index is 956. The molecule has 0 radical (unpaired) electrons. The van der Waals surface area contributed by atoms with Gasteiger partial charge in [-0.25, -0.2) is 18.5 Å². The van der Waals surface area contributed by atoms with Crippen LogP contribution in [0.1, 0.15) is 32.1 Å². The fourth-order valence-electron chi connectivity index (χ4n) is 3.66. The van der Waals surface area contributed by atoms with Crippen molar-refractivity contribution in [3.63, 3.8) is 0 Å². The first kappa shape index (κ1) is 23.3. The summed E-state index contributed by atoms with van der Waals surface area (Å²) < 4.78 is 28.3. The average Bonchev–Trinajstić information content (AvgIpc) is 3.36. The second kappa shape index (κ2) is 10.3. The monoisotopic (exact) mass is 447 g/mol. The van der Waals surface area contributed by atoms with Gasteiger partial charge < -0.3 is 15.1 Å². The van der Waals surface area contributed by atoms with Crippen molar-refractivity contribution in [2.45, 2.75) is 50.7 Å². The lowest BCUT2D eigenvalue weighted by Gasteiger charge is -2.22. The van der Waals surface area contributed by atoms with E-state index in [2.05, 4.69) is 36.3 Å². The van der Waals surface area contributed by atoms with Crippen LogP contribution >= 0.6 is 0 Å². The van der Waals surface area contributed by atoms with Gasteiger partial charge in [0.05, 0.1) is 17.7 Å². The third kappa shape index (κ3) is 6.81. The number of nitrogens with two attached hydrogens (primary N) is 1. The van der Waals surface area contributed by atoms with Gasteiger partial charge in [0, 0.05) is 38.1 Å². The highest BCUT2D eigenvalue weighted by Gasteiger charge is 2.31. The lowest BCUT2D eigenvalue weighted by molar-refractivity contribution is 0.265. The van der Waals surface area contributed by atoms with Gasteiger partial charge in [0.15, 0.2) is 5.96 Å². The van der Waals surface area contributed by atoms with E-state index in [0.29, 0.717) is 31.1 Å². The molecule has 9 heteroatoms. The van der Waals surface area contributed by atoms with Gasteiger partial charge in [0.2, 0.25) is 10.0 Å². The van der Waals surface area contributed by atoms with Gasteiger partial charge in [-0.1, -0.05) is 19.1 Å². The number of hydrogen-bond acceptors (Lipinski definition) is 5. The van der Waals surface area contributed by atoms with E-state index in [9.17, 15) is 8.42 Å². The van der Waals surface area contributed by atoms with E-state index in [1.165, 1.54) is 12.1 Å². The Kier molecular flexibility index (Phi) is 7.74. The van der Waals surface area contributed by atoms with Crippen molar-refractivity contribution in [2.24, 2.45) is 16.0 Å². The molecule has 0 spiro atoms. The Hall–Kier alpha value is -2.36. The molecule has 1 aromatic carbocycles. The maximum absolute atomic E-state index is 11.4. The summed E-state index contributed by atoms with van der Waals surface area (Å²) in [6.45, 7) is 9.85. The van der Waals surface area contributed by atoms with Crippen molar-refractivity contribution in [1.29, 1.82) is 0 Å². The van der Waals surface area contributed by atoms with Crippen LogP contribution in [0, 0.1) is 5.92 Å². The zero-order valence-corrected chi connectivity index (χ0v) is 19.2. The van der Waals surface area contributed by atoms with E-state index >= 15 is 0 Å². The predicted molar refractivity (Wildman–Crippen MR) is 122 cm³/mol. The molecule has 2 atom stereocenters. The molecule has 0 bridgehead atoms. The highest BCUT2D eigenvalue weighted by atomic mass is 32.2. The fourth-order valence-corrected chi connectivity index (χ4v) is 4.17. The molecule has 0 aliphatic carbocycles. The van der Waals surface area contributed by atoms with Crippen LogP contribution in [0.3, 0.4) is 0 Å². The summed E-state index contributed by atoms with van der Waals surface area (Å²) in [6.07, 6.45) is 2.43. The summed E-state index contributed by atoms with van der Waals surface area (Å²) in [5, 5.41) is 12.2. The quantitative estimate of drug-likeness (QED) is 0.421. The van der Waals surface area contributed by atoms with Crippen LogP contribution in [-0.4, -0.2) is 51.0 Å². The van der Waals surface area contributed by atoms with Crippen molar-refractivity contribution in [3.05, 3.63) is 54.0 Å². The molecule has 4 N–H and O–H groups in total. The topological polar surface area (TPSA) is 113 Å². The fraction of sp³-hybridized carbons (Fsp3) is 0.500. The van der Waals surface area contributed by atoms with Gasteiger partial charge in [-0.2, -0.15) is 0 Å². The minimum absolute atomic E-state index is 0.101. The number of nitrogens with one attached hydrogen (secondary N) is 2. The smallest absolute Gasteiger partial charge is 0.238 e. The molecule has 2 aromatic rings. The summed E-state index contributed by atoms with van der Waals surface area (Å²) >= 11 is 0. The molecule has 1 saturated heterocycles. The van der Waals surface area contributed by atoms with Crippen LogP contribution in [0.4, 0.5) is 0 Å². The first-order valence-corrected chi connectivity index (χ1v) is 12.2. The Morgan fingerprint density at radius 1 is 1.26 bits per heavy atom. The SMILES string of the molecule is CC1CN(C(C)C)CC1NC(=NCc1ccc(S(N)(=O)=O)cc1)NCCc1ccco1. The van der Waals surface area contributed by atoms with E-state index < -0.39 is 10.0 Å². The summed E-state index contributed by atoms with van der Waals surface area (Å²) in [4.78, 5) is 7.30. The normalized spacial score (nSPS) is 20.4. The van der Waals surface area contributed by atoms with Crippen molar-refractivity contribution in [1.82, 2.24) is 15.5 Å². The molecule has 8 nitrogen and oxygen atoms in total. The number of nitrogens with zero attached hydrogens (tertiary/aromatic N) is 2. The lowest BCUT2D eigenvalue weighted by Crippen LogP contribution is -2.47. The first-order valence-electron chi connectivity index (χ1n) is 10.7. The highest BCUT2D eigenvalue weighted by molar-refractivity contribution is 7.89. The van der Waals surface area contributed by atoms with Gasteiger partial charge in [0.1, 0.15) is 5.76 Å². The molecule has 1 fully saturated rings. The third-order valence-electron chi connectivity index (χ3n) is 5.61. The number of hydrogen-bond donors (Lipinski definition) is 3. The van der Waals surface area contributed by atoms with E-state index in [-0.39, 0.29) is 4.90 Å². The van der Waals surface area contributed by atoms with Gasteiger partial charge in [-0.15, -0.1) is 0 Å². The first-order chi connectivity index (χ1) is 14.7. The maximum Gasteiger partial charge on any atom is 0.238 e. The molecule has 1 aromatic heterocycles. The van der Waals surface area contributed by atoms with E-state index in [4.69, 9.17) is 14.5 Å². The molecule has 31 heavy (non-hydrogen) atoms. The number of sulfonamides is 1.